The molecule has 0 aliphatic heterocycles. The SMILES string of the molecule is Cc1ccccc1OC(C)CO. The molecule has 0 radical (unpaired) electrons. The van der Waals surface area contributed by atoms with E-state index in [0.717, 1.165) is 11.3 Å². The van der Waals surface area contributed by atoms with E-state index >= 15 is 0 Å². The predicted molar refractivity (Wildman–Crippen MR) is 48.4 cm³/mol. The third kappa shape index (κ3) is 2.24. The summed E-state index contributed by atoms with van der Waals surface area (Å²) in [5, 5.41) is 8.76. The molecule has 1 N–H and O–H groups in total. The van der Waals surface area contributed by atoms with E-state index in [4.69, 9.17) is 9.84 Å². The molecule has 0 bridgehead atoms. The van der Waals surface area contributed by atoms with Gasteiger partial charge in [0.15, 0.2) is 0 Å². The van der Waals surface area contributed by atoms with Gasteiger partial charge in [-0.3, -0.25) is 0 Å². The maximum atomic E-state index is 8.76. The van der Waals surface area contributed by atoms with Gasteiger partial charge in [-0.25, -0.2) is 0 Å². The molecule has 0 saturated carbocycles. The molecule has 2 heteroatoms. The summed E-state index contributed by atoms with van der Waals surface area (Å²) in [6.45, 7) is 3.88. The van der Waals surface area contributed by atoms with E-state index in [0.29, 0.717) is 0 Å². The van der Waals surface area contributed by atoms with Gasteiger partial charge in [0.1, 0.15) is 11.9 Å². The molecule has 1 rings (SSSR count). The average molecular weight is 166 g/mol. The van der Waals surface area contributed by atoms with Gasteiger partial charge in [0, 0.05) is 0 Å². The topological polar surface area (TPSA) is 29.5 Å². The Morgan fingerprint density at radius 1 is 1.42 bits per heavy atom. The molecule has 12 heavy (non-hydrogen) atoms. The van der Waals surface area contributed by atoms with E-state index < -0.39 is 0 Å². The van der Waals surface area contributed by atoms with Gasteiger partial charge >= 0.3 is 0 Å². The maximum absolute atomic E-state index is 8.76. The zero-order valence-electron chi connectivity index (χ0n) is 7.45. The van der Waals surface area contributed by atoms with E-state index in [-0.39, 0.29) is 12.7 Å². The number of aliphatic hydroxyl groups is 1. The second-order valence-electron chi connectivity index (χ2n) is 2.88. The van der Waals surface area contributed by atoms with Crippen molar-refractivity contribution < 1.29 is 9.84 Å². The van der Waals surface area contributed by atoms with E-state index in [1.54, 1.807) is 0 Å². The van der Waals surface area contributed by atoms with Crippen LogP contribution in [0.25, 0.3) is 0 Å². The second kappa shape index (κ2) is 4.12. The molecular formula is C10H14O2. The van der Waals surface area contributed by atoms with Crippen LogP contribution in [0, 0.1) is 6.92 Å². The minimum atomic E-state index is -0.133. The molecule has 0 fully saturated rings. The van der Waals surface area contributed by atoms with Gasteiger partial charge in [-0.15, -0.1) is 0 Å². The van der Waals surface area contributed by atoms with E-state index in [2.05, 4.69) is 0 Å². The normalized spacial score (nSPS) is 12.6. The number of ether oxygens (including phenoxy) is 1. The predicted octanol–water partition coefficient (Wildman–Crippen LogP) is 1.75. The molecule has 66 valence electrons. The van der Waals surface area contributed by atoms with Crippen LogP contribution in [-0.2, 0) is 0 Å². The third-order valence-electron chi connectivity index (χ3n) is 1.68. The highest BCUT2D eigenvalue weighted by Crippen LogP contribution is 2.17. The van der Waals surface area contributed by atoms with Gasteiger partial charge in [-0.05, 0) is 25.5 Å². The van der Waals surface area contributed by atoms with Gasteiger partial charge in [-0.2, -0.15) is 0 Å². The molecule has 0 spiro atoms. The van der Waals surface area contributed by atoms with Crippen LogP contribution < -0.4 is 4.74 Å². The molecule has 1 aromatic rings. The van der Waals surface area contributed by atoms with Gasteiger partial charge in [0.25, 0.3) is 0 Å². The molecule has 0 aliphatic carbocycles. The number of aliphatic hydroxyl groups excluding tert-OH is 1. The highest BCUT2D eigenvalue weighted by molar-refractivity contribution is 5.31. The lowest BCUT2D eigenvalue weighted by Crippen LogP contribution is -2.16. The molecule has 2 nitrogen and oxygen atoms in total. The lowest BCUT2D eigenvalue weighted by Gasteiger charge is -2.13. The van der Waals surface area contributed by atoms with Crippen LogP contribution in [0.3, 0.4) is 0 Å². The van der Waals surface area contributed by atoms with Crippen molar-refractivity contribution >= 4 is 0 Å². The summed E-state index contributed by atoms with van der Waals surface area (Å²) in [5.41, 5.74) is 1.10. The van der Waals surface area contributed by atoms with Crippen molar-refractivity contribution in [2.24, 2.45) is 0 Å². The fraction of sp³-hybridized carbons (Fsp3) is 0.400. The summed E-state index contributed by atoms with van der Waals surface area (Å²) in [6.07, 6.45) is -0.133. The van der Waals surface area contributed by atoms with Crippen LogP contribution in [0.15, 0.2) is 24.3 Å². The van der Waals surface area contributed by atoms with Crippen molar-refractivity contribution in [3.8, 4) is 5.75 Å². The Morgan fingerprint density at radius 3 is 2.67 bits per heavy atom. The first-order chi connectivity index (χ1) is 5.74. The standard InChI is InChI=1S/C10H14O2/c1-8-5-3-4-6-10(8)12-9(2)7-11/h3-6,9,11H,7H2,1-2H3. The Kier molecular flexibility index (Phi) is 3.11. The second-order valence-corrected chi connectivity index (χ2v) is 2.88. The van der Waals surface area contributed by atoms with Gasteiger partial charge in [-0.1, -0.05) is 18.2 Å². The largest absolute Gasteiger partial charge is 0.488 e. The fourth-order valence-corrected chi connectivity index (χ4v) is 0.943. The van der Waals surface area contributed by atoms with Gasteiger partial charge in [0.2, 0.25) is 0 Å². The molecule has 1 atom stereocenters. The summed E-state index contributed by atoms with van der Waals surface area (Å²) in [4.78, 5) is 0. The number of hydrogen-bond acceptors (Lipinski definition) is 2. The van der Waals surface area contributed by atoms with Gasteiger partial charge in [0.05, 0.1) is 6.61 Å². The maximum Gasteiger partial charge on any atom is 0.122 e. The highest BCUT2D eigenvalue weighted by atomic mass is 16.5. The number of benzene rings is 1. The third-order valence-corrected chi connectivity index (χ3v) is 1.68. The summed E-state index contributed by atoms with van der Waals surface area (Å²) >= 11 is 0. The van der Waals surface area contributed by atoms with Crippen molar-refractivity contribution in [2.75, 3.05) is 6.61 Å². The van der Waals surface area contributed by atoms with Crippen molar-refractivity contribution in [1.29, 1.82) is 0 Å². The number of aryl methyl sites for hydroxylation is 1. The Labute approximate surface area is 72.8 Å². The molecule has 0 saturated heterocycles. The fourth-order valence-electron chi connectivity index (χ4n) is 0.943. The van der Waals surface area contributed by atoms with Crippen molar-refractivity contribution in [3.05, 3.63) is 29.8 Å². The first-order valence-electron chi connectivity index (χ1n) is 4.07. The number of rotatable bonds is 3. The Morgan fingerprint density at radius 2 is 2.08 bits per heavy atom. The molecule has 1 unspecified atom stereocenters. The van der Waals surface area contributed by atoms with Crippen LogP contribution in [0.2, 0.25) is 0 Å². The van der Waals surface area contributed by atoms with Crippen LogP contribution in [0.4, 0.5) is 0 Å². The van der Waals surface area contributed by atoms with Crippen LogP contribution in [0.1, 0.15) is 12.5 Å². The molecule has 0 heterocycles. The summed E-state index contributed by atoms with van der Waals surface area (Å²) in [6, 6.07) is 7.78. The number of para-hydroxylation sites is 1. The molecule has 0 aromatic heterocycles. The van der Waals surface area contributed by atoms with Crippen molar-refractivity contribution in [1.82, 2.24) is 0 Å². The zero-order chi connectivity index (χ0) is 8.97. The summed E-state index contributed by atoms with van der Waals surface area (Å²) < 4.78 is 5.44. The Hall–Kier alpha value is -1.02. The van der Waals surface area contributed by atoms with Crippen molar-refractivity contribution in [2.45, 2.75) is 20.0 Å². The average Bonchev–Trinajstić information content (AvgIpc) is 2.09. The van der Waals surface area contributed by atoms with Crippen molar-refractivity contribution in [3.63, 3.8) is 0 Å². The van der Waals surface area contributed by atoms with E-state index in [9.17, 15) is 0 Å². The monoisotopic (exact) mass is 166 g/mol. The minimum absolute atomic E-state index is 0.0499. The molecule has 0 aliphatic rings. The molecule has 0 amide bonds. The lowest BCUT2D eigenvalue weighted by molar-refractivity contribution is 0.129. The van der Waals surface area contributed by atoms with Crippen LogP contribution >= 0.6 is 0 Å². The van der Waals surface area contributed by atoms with Crippen LogP contribution in [-0.4, -0.2) is 17.8 Å². The highest BCUT2D eigenvalue weighted by Gasteiger charge is 2.02. The first kappa shape index (κ1) is 9.07. The lowest BCUT2D eigenvalue weighted by atomic mass is 10.2. The smallest absolute Gasteiger partial charge is 0.122 e. The summed E-state index contributed by atoms with van der Waals surface area (Å²) in [7, 11) is 0. The quantitative estimate of drug-likeness (QED) is 0.741. The minimum Gasteiger partial charge on any atom is -0.488 e. The van der Waals surface area contributed by atoms with E-state index in [1.165, 1.54) is 0 Å². The summed E-state index contributed by atoms with van der Waals surface area (Å²) in [5.74, 6) is 0.846. The molecule has 1 aromatic carbocycles. The zero-order valence-corrected chi connectivity index (χ0v) is 7.45. The van der Waals surface area contributed by atoms with E-state index in [1.807, 2.05) is 38.1 Å². The molecular weight excluding hydrogens is 152 g/mol. The number of hydrogen-bond donors (Lipinski definition) is 1. The Balaban J connectivity index is 2.69. The van der Waals surface area contributed by atoms with Crippen LogP contribution in [0.5, 0.6) is 5.75 Å². The Bertz CT molecular complexity index is 245. The van der Waals surface area contributed by atoms with Gasteiger partial charge < -0.3 is 9.84 Å². The first-order valence-corrected chi connectivity index (χ1v) is 4.07.